The summed E-state index contributed by atoms with van der Waals surface area (Å²) in [5.41, 5.74) is -0.532. The van der Waals surface area contributed by atoms with Crippen molar-refractivity contribution in [2.45, 2.75) is 129 Å². The molecule has 0 fully saturated rings. The second-order valence-corrected chi connectivity index (χ2v) is 8.81. The largest absolute Gasteiger partial charge is 0.465 e. The minimum atomic E-state index is -0.993. The van der Waals surface area contributed by atoms with Gasteiger partial charge in [0.2, 0.25) is 0 Å². The van der Waals surface area contributed by atoms with E-state index in [1.807, 2.05) is 26.8 Å². The first-order chi connectivity index (χ1) is 12.7. The maximum absolute atomic E-state index is 11.5. The summed E-state index contributed by atoms with van der Waals surface area (Å²) in [6.07, 6.45) is 17.5. The van der Waals surface area contributed by atoms with Gasteiger partial charge in [0, 0.05) is 5.54 Å². The van der Waals surface area contributed by atoms with Crippen molar-refractivity contribution < 1.29 is 15.0 Å². The molecule has 0 aliphatic carbocycles. The van der Waals surface area contributed by atoms with Gasteiger partial charge < -0.3 is 10.2 Å². The van der Waals surface area contributed by atoms with Crippen LogP contribution in [0.4, 0.5) is 4.79 Å². The molecule has 4 heteroatoms. The number of carboxylic acid groups (broad SMARTS) is 1. The van der Waals surface area contributed by atoms with Crippen molar-refractivity contribution in [3.8, 4) is 0 Å². The highest BCUT2D eigenvalue weighted by molar-refractivity contribution is 5.66. The van der Waals surface area contributed by atoms with Crippen LogP contribution in [0, 0.1) is 0 Å². The van der Waals surface area contributed by atoms with Gasteiger partial charge in [-0.3, -0.25) is 4.90 Å². The molecule has 2 N–H and O–H groups in total. The van der Waals surface area contributed by atoms with Crippen molar-refractivity contribution in [3.05, 3.63) is 12.2 Å². The van der Waals surface area contributed by atoms with Crippen LogP contribution in [0.2, 0.25) is 0 Å². The molecule has 0 aromatic heterocycles. The monoisotopic (exact) mass is 383 g/mol. The normalized spacial score (nSPS) is 14.4. The minimum absolute atomic E-state index is 0.462. The van der Waals surface area contributed by atoms with Gasteiger partial charge in [-0.25, -0.2) is 4.79 Å². The third kappa shape index (κ3) is 12.9. The van der Waals surface area contributed by atoms with E-state index in [1.165, 1.54) is 69.1 Å². The van der Waals surface area contributed by atoms with Crippen LogP contribution in [0.3, 0.4) is 0 Å². The Morgan fingerprint density at radius 1 is 0.926 bits per heavy atom. The molecule has 0 spiro atoms. The number of nitrogens with zero attached hydrogens (tertiary/aromatic N) is 1. The molecular weight excluding hydrogens is 338 g/mol. The van der Waals surface area contributed by atoms with E-state index in [1.54, 1.807) is 13.0 Å². The summed E-state index contributed by atoms with van der Waals surface area (Å²) in [7, 11) is 0. The van der Waals surface area contributed by atoms with Crippen molar-refractivity contribution in [3.63, 3.8) is 0 Å². The first kappa shape index (κ1) is 26.0. The predicted octanol–water partition coefficient (Wildman–Crippen LogP) is 6.77. The Labute approximate surface area is 168 Å². The molecule has 0 aliphatic heterocycles. The summed E-state index contributed by atoms with van der Waals surface area (Å²) < 4.78 is 0. The molecular formula is C23H45NO3. The maximum Gasteiger partial charge on any atom is 0.408 e. The highest BCUT2D eigenvalue weighted by Crippen LogP contribution is 2.20. The van der Waals surface area contributed by atoms with Crippen LogP contribution < -0.4 is 0 Å². The van der Waals surface area contributed by atoms with Gasteiger partial charge in [-0.1, -0.05) is 83.3 Å². The fourth-order valence-electron chi connectivity index (χ4n) is 3.55. The zero-order valence-electron chi connectivity index (χ0n) is 18.5. The fourth-order valence-corrected chi connectivity index (χ4v) is 3.55. The lowest BCUT2D eigenvalue weighted by molar-refractivity contribution is 0.0317. The van der Waals surface area contributed by atoms with E-state index in [9.17, 15) is 15.0 Å². The van der Waals surface area contributed by atoms with Gasteiger partial charge in [-0.05, 0) is 40.5 Å². The van der Waals surface area contributed by atoms with Crippen molar-refractivity contribution >= 4 is 6.09 Å². The number of carbonyl (C=O) groups is 1. The fraction of sp³-hybridized carbons (Fsp3) is 0.870. The van der Waals surface area contributed by atoms with Crippen LogP contribution in [0.5, 0.6) is 0 Å². The molecule has 0 saturated heterocycles. The van der Waals surface area contributed by atoms with E-state index >= 15 is 0 Å². The lowest BCUT2D eigenvalue weighted by atomic mass is 10.0. The number of unbranched alkanes of at least 4 members (excludes halogenated alkanes) is 11. The number of hydrogen-bond acceptors (Lipinski definition) is 2. The summed E-state index contributed by atoms with van der Waals surface area (Å²) in [5, 5.41) is 19.7. The van der Waals surface area contributed by atoms with Gasteiger partial charge in [0.25, 0.3) is 0 Å². The summed E-state index contributed by atoms with van der Waals surface area (Å²) in [6, 6.07) is -0.462. The van der Waals surface area contributed by atoms with Crippen LogP contribution in [-0.4, -0.2) is 38.9 Å². The first-order valence-corrected chi connectivity index (χ1v) is 11.1. The molecule has 160 valence electrons. The molecule has 0 bridgehead atoms. The SMILES string of the molecule is CCCCCCCCCCCCC/C=C/[C@H](O)[C@H](C)N(C(=O)O)C(C)(C)C. The third-order valence-corrected chi connectivity index (χ3v) is 5.14. The Morgan fingerprint density at radius 3 is 1.78 bits per heavy atom. The van der Waals surface area contributed by atoms with E-state index in [0.717, 1.165) is 12.8 Å². The quantitative estimate of drug-likeness (QED) is 0.242. The molecule has 0 unspecified atom stereocenters. The standard InChI is InChI=1S/C23H45NO3/c1-6-7-8-9-10-11-12-13-14-15-16-17-18-19-21(25)20(2)24(22(26)27)23(3,4)5/h18-21,25H,6-17H2,1-5H3,(H,26,27)/b19-18+/t20-,21-/m0/s1. The molecule has 0 aromatic rings. The molecule has 4 nitrogen and oxygen atoms in total. The zero-order chi connectivity index (χ0) is 20.7. The van der Waals surface area contributed by atoms with E-state index < -0.39 is 23.8 Å². The maximum atomic E-state index is 11.5. The summed E-state index contributed by atoms with van der Waals surface area (Å²) in [5.74, 6) is 0. The molecule has 0 radical (unpaired) electrons. The summed E-state index contributed by atoms with van der Waals surface area (Å²) in [4.78, 5) is 12.8. The first-order valence-electron chi connectivity index (χ1n) is 11.1. The van der Waals surface area contributed by atoms with Gasteiger partial charge in [0.05, 0.1) is 12.1 Å². The van der Waals surface area contributed by atoms with Crippen molar-refractivity contribution in [2.75, 3.05) is 0 Å². The van der Waals surface area contributed by atoms with Gasteiger partial charge in [0.15, 0.2) is 0 Å². The van der Waals surface area contributed by atoms with Gasteiger partial charge in [-0.15, -0.1) is 0 Å². The predicted molar refractivity (Wildman–Crippen MR) is 115 cm³/mol. The summed E-state index contributed by atoms with van der Waals surface area (Å²) >= 11 is 0. The van der Waals surface area contributed by atoms with E-state index in [4.69, 9.17) is 0 Å². The number of amides is 1. The molecule has 0 rings (SSSR count). The van der Waals surface area contributed by atoms with E-state index in [-0.39, 0.29) is 0 Å². The molecule has 1 amide bonds. The van der Waals surface area contributed by atoms with Crippen molar-refractivity contribution in [2.24, 2.45) is 0 Å². The molecule has 0 aromatic carbocycles. The van der Waals surface area contributed by atoms with Crippen LogP contribution in [0.25, 0.3) is 0 Å². The van der Waals surface area contributed by atoms with Crippen molar-refractivity contribution in [1.29, 1.82) is 0 Å². The Kier molecular flexibility index (Phi) is 14.4. The molecule has 2 atom stereocenters. The van der Waals surface area contributed by atoms with E-state index in [2.05, 4.69) is 6.92 Å². The average molecular weight is 384 g/mol. The number of aliphatic hydroxyl groups is 1. The van der Waals surface area contributed by atoms with Crippen molar-refractivity contribution in [1.82, 2.24) is 4.90 Å². The molecule has 0 heterocycles. The molecule has 0 saturated carbocycles. The number of rotatable bonds is 15. The second-order valence-electron chi connectivity index (χ2n) is 8.81. The van der Waals surface area contributed by atoms with Gasteiger partial charge in [-0.2, -0.15) is 0 Å². The number of aliphatic hydroxyl groups excluding tert-OH is 1. The Hall–Kier alpha value is -1.03. The Balaban J connectivity index is 3.82. The minimum Gasteiger partial charge on any atom is -0.465 e. The topological polar surface area (TPSA) is 60.8 Å². The number of allylic oxidation sites excluding steroid dienone is 1. The highest BCUT2D eigenvalue weighted by Gasteiger charge is 2.33. The number of hydrogen-bond donors (Lipinski definition) is 2. The van der Waals surface area contributed by atoms with Crippen LogP contribution >= 0.6 is 0 Å². The summed E-state index contributed by atoms with van der Waals surface area (Å²) in [6.45, 7) is 9.56. The van der Waals surface area contributed by atoms with Crippen LogP contribution in [-0.2, 0) is 0 Å². The highest BCUT2D eigenvalue weighted by atomic mass is 16.4. The van der Waals surface area contributed by atoms with Crippen LogP contribution in [0.1, 0.15) is 112 Å². The molecule has 0 aliphatic rings. The Morgan fingerprint density at radius 2 is 1.37 bits per heavy atom. The third-order valence-electron chi connectivity index (χ3n) is 5.14. The smallest absolute Gasteiger partial charge is 0.408 e. The molecule has 27 heavy (non-hydrogen) atoms. The lowest BCUT2D eigenvalue weighted by Gasteiger charge is -2.39. The average Bonchev–Trinajstić information content (AvgIpc) is 2.57. The Bertz CT molecular complexity index is 401. The van der Waals surface area contributed by atoms with Gasteiger partial charge in [0.1, 0.15) is 0 Å². The van der Waals surface area contributed by atoms with Crippen LogP contribution in [0.15, 0.2) is 12.2 Å². The zero-order valence-corrected chi connectivity index (χ0v) is 18.5. The van der Waals surface area contributed by atoms with E-state index in [0.29, 0.717) is 0 Å². The second kappa shape index (κ2) is 15.0. The lowest BCUT2D eigenvalue weighted by Crippen LogP contribution is -2.53. The van der Waals surface area contributed by atoms with Gasteiger partial charge >= 0.3 is 6.09 Å².